The highest BCUT2D eigenvalue weighted by atomic mass is 19.1. The molecule has 0 radical (unpaired) electrons. The van der Waals surface area contributed by atoms with Gasteiger partial charge in [-0.3, -0.25) is 0 Å². The monoisotopic (exact) mass is 256 g/mol. The van der Waals surface area contributed by atoms with Crippen molar-refractivity contribution in [3.63, 3.8) is 0 Å². The van der Waals surface area contributed by atoms with Crippen LogP contribution in [0.2, 0.25) is 0 Å². The first-order chi connectivity index (χ1) is 8.49. The molecule has 0 unspecified atom stereocenters. The molecular weight excluding hydrogens is 239 g/mol. The Hall–Kier alpha value is -1.69. The number of hydrogen-bond acceptors (Lipinski definition) is 4. The van der Waals surface area contributed by atoms with Crippen LogP contribution in [0.25, 0.3) is 0 Å². The molecule has 0 saturated heterocycles. The van der Waals surface area contributed by atoms with E-state index in [9.17, 15) is 9.18 Å². The van der Waals surface area contributed by atoms with Gasteiger partial charge < -0.3 is 15.1 Å². The summed E-state index contributed by atoms with van der Waals surface area (Å²) >= 11 is 0. The van der Waals surface area contributed by atoms with Gasteiger partial charge in [0, 0.05) is 25.4 Å². The van der Waals surface area contributed by atoms with Crippen LogP contribution in [0.3, 0.4) is 0 Å². The molecule has 1 heterocycles. The lowest BCUT2D eigenvalue weighted by Crippen LogP contribution is -2.34. The summed E-state index contributed by atoms with van der Waals surface area (Å²) in [5.41, 5.74) is -0.394. The molecular formula is C12H17FN2O3. The largest absolute Gasteiger partial charge is 0.478 e. The van der Waals surface area contributed by atoms with Crippen LogP contribution in [-0.2, 0) is 0 Å². The Bertz CT molecular complexity index is 424. The van der Waals surface area contributed by atoms with E-state index in [1.807, 2.05) is 13.8 Å². The van der Waals surface area contributed by atoms with Crippen LogP contribution >= 0.6 is 0 Å². The fraction of sp³-hybridized carbons (Fsp3) is 0.500. The molecule has 0 saturated carbocycles. The Kier molecular flexibility index (Phi) is 5.03. The number of halogens is 1. The van der Waals surface area contributed by atoms with Crippen LogP contribution in [0.1, 0.15) is 30.6 Å². The van der Waals surface area contributed by atoms with Crippen LogP contribution < -0.4 is 4.90 Å². The van der Waals surface area contributed by atoms with E-state index in [0.717, 1.165) is 6.07 Å². The average molecular weight is 256 g/mol. The Morgan fingerprint density at radius 3 is 2.72 bits per heavy atom. The summed E-state index contributed by atoms with van der Waals surface area (Å²) in [7, 11) is 0. The van der Waals surface area contributed by atoms with Crippen molar-refractivity contribution < 1.29 is 19.4 Å². The number of aliphatic hydroxyl groups is 1. The lowest BCUT2D eigenvalue weighted by atomic mass is 10.2. The summed E-state index contributed by atoms with van der Waals surface area (Å²) in [6.07, 6.45) is 1.74. The van der Waals surface area contributed by atoms with E-state index >= 15 is 0 Å². The van der Waals surface area contributed by atoms with Crippen LogP contribution in [-0.4, -0.2) is 40.4 Å². The third-order valence-electron chi connectivity index (χ3n) is 2.55. The molecule has 0 atom stereocenters. The van der Waals surface area contributed by atoms with Crippen molar-refractivity contribution in [2.75, 3.05) is 18.1 Å². The van der Waals surface area contributed by atoms with E-state index < -0.39 is 17.3 Å². The minimum atomic E-state index is -1.32. The maximum Gasteiger partial charge on any atom is 0.338 e. The number of carbonyl (C=O) groups is 1. The number of carboxylic acid groups (broad SMARTS) is 1. The van der Waals surface area contributed by atoms with Crippen LogP contribution in [0.4, 0.5) is 10.2 Å². The number of anilines is 1. The van der Waals surface area contributed by atoms with Crippen molar-refractivity contribution >= 4 is 11.8 Å². The van der Waals surface area contributed by atoms with Gasteiger partial charge in [0.1, 0.15) is 5.56 Å². The van der Waals surface area contributed by atoms with Gasteiger partial charge in [0.2, 0.25) is 0 Å². The summed E-state index contributed by atoms with van der Waals surface area (Å²) in [5, 5.41) is 17.7. The Balaban J connectivity index is 3.12. The second kappa shape index (κ2) is 6.30. The second-order valence-electron chi connectivity index (χ2n) is 4.17. The smallest absolute Gasteiger partial charge is 0.338 e. The number of hydrogen-bond donors (Lipinski definition) is 2. The number of aromatic carboxylic acids is 1. The first kappa shape index (κ1) is 14.4. The van der Waals surface area contributed by atoms with E-state index in [-0.39, 0.29) is 18.5 Å². The maximum absolute atomic E-state index is 14.0. The van der Waals surface area contributed by atoms with Crippen molar-refractivity contribution in [2.24, 2.45) is 0 Å². The zero-order chi connectivity index (χ0) is 13.7. The zero-order valence-corrected chi connectivity index (χ0v) is 10.4. The highest BCUT2D eigenvalue weighted by Crippen LogP contribution is 2.21. The molecule has 0 aliphatic carbocycles. The molecule has 5 nitrogen and oxygen atoms in total. The van der Waals surface area contributed by atoms with Crippen LogP contribution in [0.15, 0.2) is 12.3 Å². The zero-order valence-electron chi connectivity index (χ0n) is 10.4. The molecule has 0 aliphatic rings. The first-order valence-corrected chi connectivity index (χ1v) is 5.74. The first-order valence-electron chi connectivity index (χ1n) is 5.74. The Labute approximate surface area is 105 Å². The Morgan fingerprint density at radius 1 is 1.56 bits per heavy atom. The molecule has 100 valence electrons. The van der Waals surface area contributed by atoms with Gasteiger partial charge in [-0.15, -0.1) is 0 Å². The van der Waals surface area contributed by atoms with Crippen molar-refractivity contribution in [2.45, 2.75) is 26.3 Å². The molecule has 0 amide bonds. The molecule has 18 heavy (non-hydrogen) atoms. The predicted molar refractivity (Wildman–Crippen MR) is 65.3 cm³/mol. The van der Waals surface area contributed by atoms with E-state index in [4.69, 9.17) is 10.2 Å². The highest BCUT2D eigenvalue weighted by molar-refractivity contribution is 5.88. The fourth-order valence-electron chi connectivity index (χ4n) is 1.65. The molecule has 2 N–H and O–H groups in total. The van der Waals surface area contributed by atoms with E-state index in [2.05, 4.69) is 4.98 Å². The number of aliphatic hydroxyl groups excluding tert-OH is 1. The molecule has 1 rings (SSSR count). The molecule has 0 aliphatic heterocycles. The third kappa shape index (κ3) is 3.16. The minimum Gasteiger partial charge on any atom is -0.478 e. The molecule has 1 aromatic rings. The van der Waals surface area contributed by atoms with E-state index in [1.165, 1.54) is 6.20 Å². The quantitative estimate of drug-likeness (QED) is 0.807. The standard InChI is InChI=1S/C12H17FN2O3/c1-8(2)15(6-3-7-16)11-10(13)9(12(17)18)4-5-14-11/h4-5,8,16H,3,6-7H2,1-2H3,(H,17,18). The normalized spacial score (nSPS) is 10.7. The van der Waals surface area contributed by atoms with Crippen molar-refractivity contribution in [1.82, 2.24) is 4.98 Å². The number of pyridine rings is 1. The van der Waals surface area contributed by atoms with Crippen molar-refractivity contribution in [1.29, 1.82) is 0 Å². The van der Waals surface area contributed by atoms with Gasteiger partial charge in [-0.05, 0) is 26.3 Å². The Morgan fingerprint density at radius 2 is 2.22 bits per heavy atom. The summed E-state index contributed by atoms with van der Waals surface area (Å²) < 4.78 is 14.0. The highest BCUT2D eigenvalue weighted by Gasteiger charge is 2.21. The van der Waals surface area contributed by atoms with Crippen LogP contribution in [0, 0.1) is 5.82 Å². The van der Waals surface area contributed by atoms with E-state index in [1.54, 1.807) is 4.90 Å². The lowest BCUT2D eigenvalue weighted by Gasteiger charge is -2.28. The second-order valence-corrected chi connectivity index (χ2v) is 4.17. The van der Waals surface area contributed by atoms with Crippen molar-refractivity contribution in [3.8, 4) is 0 Å². The summed E-state index contributed by atoms with van der Waals surface area (Å²) in [4.78, 5) is 16.4. The summed E-state index contributed by atoms with van der Waals surface area (Å²) in [5.74, 6) is -2.14. The van der Waals surface area contributed by atoms with Gasteiger partial charge in [-0.1, -0.05) is 0 Å². The average Bonchev–Trinajstić information content (AvgIpc) is 2.30. The van der Waals surface area contributed by atoms with Gasteiger partial charge in [-0.2, -0.15) is 0 Å². The van der Waals surface area contributed by atoms with Gasteiger partial charge in [0.05, 0.1) is 0 Å². The number of carboxylic acids is 1. The van der Waals surface area contributed by atoms with Gasteiger partial charge >= 0.3 is 5.97 Å². The number of rotatable bonds is 6. The topological polar surface area (TPSA) is 73.7 Å². The summed E-state index contributed by atoms with van der Waals surface area (Å²) in [6, 6.07) is 1.09. The third-order valence-corrected chi connectivity index (χ3v) is 2.55. The molecule has 1 aromatic heterocycles. The fourth-order valence-corrected chi connectivity index (χ4v) is 1.65. The van der Waals surface area contributed by atoms with Gasteiger partial charge in [0.25, 0.3) is 0 Å². The molecule has 0 spiro atoms. The van der Waals surface area contributed by atoms with Gasteiger partial charge in [-0.25, -0.2) is 14.2 Å². The minimum absolute atomic E-state index is 0.0105. The molecule has 0 bridgehead atoms. The number of nitrogens with zero attached hydrogens (tertiary/aromatic N) is 2. The summed E-state index contributed by atoms with van der Waals surface area (Å²) in [6.45, 7) is 4.11. The van der Waals surface area contributed by atoms with Crippen LogP contribution in [0.5, 0.6) is 0 Å². The van der Waals surface area contributed by atoms with Gasteiger partial charge in [0.15, 0.2) is 11.6 Å². The molecule has 0 fully saturated rings. The molecule has 0 aromatic carbocycles. The molecule has 6 heteroatoms. The lowest BCUT2D eigenvalue weighted by molar-refractivity contribution is 0.0691. The predicted octanol–water partition coefficient (Wildman–Crippen LogP) is 1.52. The maximum atomic E-state index is 14.0. The van der Waals surface area contributed by atoms with Crippen molar-refractivity contribution in [3.05, 3.63) is 23.6 Å². The SMILES string of the molecule is CC(C)N(CCCO)c1nccc(C(=O)O)c1F. The number of aromatic nitrogens is 1. The van der Waals surface area contributed by atoms with E-state index in [0.29, 0.717) is 13.0 Å².